The zero-order valence-corrected chi connectivity index (χ0v) is 9.86. The highest BCUT2D eigenvalue weighted by molar-refractivity contribution is 5.30. The summed E-state index contributed by atoms with van der Waals surface area (Å²) in [6.07, 6.45) is 1.37. The minimum absolute atomic E-state index is 0.120. The van der Waals surface area contributed by atoms with E-state index in [2.05, 4.69) is 0 Å². The van der Waals surface area contributed by atoms with Gasteiger partial charge in [0.25, 0.3) is 0 Å². The second-order valence-electron chi connectivity index (χ2n) is 4.31. The number of rotatable bonds is 4. The lowest BCUT2D eigenvalue weighted by atomic mass is 10.1. The van der Waals surface area contributed by atoms with E-state index in [1.165, 1.54) is 13.0 Å². The number of hydrogen-bond acceptors (Lipinski definition) is 3. The zero-order valence-electron chi connectivity index (χ0n) is 9.86. The van der Waals surface area contributed by atoms with Crippen LogP contribution in [0.15, 0.2) is 18.2 Å². The number of benzene rings is 1. The maximum atomic E-state index is 13.5. The summed E-state index contributed by atoms with van der Waals surface area (Å²) in [5.41, 5.74) is 0.287. The Morgan fingerprint density at radius 2 is 2.41 bits per heavy atom. The van der Waals surface area contributed by atoms with Gasteiger partial charge in [0.2, 0.25) is 0 Å². The van der Waals surface area contributed by atoms with Crippen LogP contribution in [0.25, 0.3) is 0 Å². The molecule has 0 aliphatic carbocycles. The van der Waals surface area contributed by atoms with E-state index in [9.17, 15) is 9.50 Å². The number of hydrogen-bond donors (Lipinski definition) is 1. The number of aliphatic hydroxyl groups excluding tert-OH is 1. The van der Waals surface area contributed by atoms with Gasteiger partial charge in [-0.1, -0.05) is 0 Å². The molecule has 1 aliphatic heterocycles. The molecule has 1 unspecified atom stereocenters. The lowest BCUT2D eigenvalue weighted by molar-refractivity contribution is 0.0678. The summed E-state index contributed by atoms with van der Waals surface area (Å²) >= 11 is 0. The molecule has 0 radical (unpaired) electrons. The minimum Gasteiger partial charge on any atom is -0.491 e. The van der Waals surface area contributed by atoms with E-state index in [0.29, 0.717) is 12.4 Å². The van der Waals surface area contributed by atoms with Crippen molar-refractivity contribution in [2.75, 3.05) is 13.2 Å². The maximum absolute atomic E-state index is 13.5. The first-order valence-electron chi connectivity index (χ1n) is 5.88. The van der Waals surface area contributed by atoms with Gasteiger partial charge in [-0.15, -0.1) is 0 Å². The monoisotopic (exact) mass is 240 g/mol. The van der Waals surface area contributed by atoms with Gasteiger partial charge in [-0.3, -0.25) is 0 Å². The van der Waals surface area contributed by atoms with E-state index in [1.54, 1.807) is 12.1 Å². The molecule has 1 aromatic rings. The van der Waals surface area contributed by atoms with E-state index < -0.39 is 11.9 Å². The van der Waals surface area contributed by atoms with Gasteiger partial charge < -0.3 is 14.6 Å². The van der Waals surface area contributed by atoms with Crippen LogP contribution in [-0.2, 0) is 4.74 Å². The van der Waals surface area contributed by atoms with E-state index in [-0.39, 0.29) is 11.7 Å². The summed E-state index contributed by atoms with van der Waals surface area (Å²) in [6.45, 7) is 2.77. The van der Waals surface area contributed by atoms with Crippen molar-refractivity contribution in [3.63, 3.8) is 0 Å². The quantitative estimate of drug-likeness (QED) is 0.878. The van der Waals surface area contributed by atoms with Crippen LogP contribution in [0.2, 0.25) is 0 Å². The third-order valence-corrected chi connectivity index (χ3v) is 2.88. The first-order chi connectivity index (χ1) is 8.16. The standard InChI is InChI=1S/C13H17FO3/c1-9(15)12-5-4-10(7-13(12)14)17-8-11-3-2-6-16-11/h4-5,7,9,11,15H,2-3,6,8H2,1H3/t9-,11?/m1/s1. The molecule has 0 bridgehead atoms. The maximum Gasteiger partial charge on any atom is 0.132 e. The predicted molar refractivity (Wildman–Crippen MR) is 61.5 cm³/mol. The van der Waals surface area contributed by atoms with Gasteiger partial charge >= 0.3 is 0 Å². The molecule has 94 valence electrons. The highest BCUT2D eigenvalue weighted by Crippen LogP contribution is 2.22. The highest BCUT2D eigenvalue weighted by atomic mass is 19.1. The van der Waals surface area contributed by atoms with Gasteiger partial charge in [0.05, 0.1) is 12.2 Å². The van der Waals surface area contributed by atoms with Crippen molar-refractivity contribution in [3.8, 4) is 5.75 Å². The Kier molecular flexibility index (Phi) is 3.97. The van der Waals surface area contributed by atoms with E-state index in [1.807, 2.05) is 0 Å². The average molecular weight is 240 g/mol. The second-order valence-corrected chi connectivity index (χ2v) is 4.31. The molecule has 4 heteroatoms. The average Bonchev–Trinajstić information content (AvgIpc) is 2.78. The summed E-state index contributed by atoms with van der Waals surface area (Å²) in [7, 11) is 0. The van der Waals surface area contributed by atoms with Gasteiger partial charge in [-0.2, -0.15) is 0 Å². The molecular formula is C13H17FO3. The Hall–Kier alpha value is -1.13. The van der Waals surface area contributed by atoms with Crippen LogP contribution in [0.4, 0.5) is 4.39 Å². The Morgan fingerprint density at radius 3 is 3.00 bits per heavy atom. The van der Waals surface area contributed by atoms with Crippen LogP contribution in [0.1, 0.15) is 31.4 Å². The minimum atomic E-state index is -0.804. The van der Waals surface area contributed by atoms with Crippen LogP contribution in [0, 0.1) is 5.82 Å². The summed E-state index contributed by atoms with van der Waals surface area (Å²) in [5.74, 6) is 0.0345. The van der Waals surface area contributed by atoms with Crippen molar-refractivity contribution in [2.24, 2.45) is 0 Å². The SMILES string of the molecule is C[C@@H](O)c1ccc(OCC2CCCO2)cc1F. The van der Waals surface area contributed by atoms with Gasteiger partial charge in [-0.25, -0.2) is 4.39 Å². The van der Waals surface area contributed by atoms with Crippen molar-refractivity contribution in [3.05, 3.63) is 29.6 Å². The van der Waals surface area contributed by atoms with Crippen molar-refractivity contribution < 1.29 is 19.0 Å². The molecule has 1 fully saturated rings. The van der Waals surface area contributed by atoms with Crippen molar-refractivity contribution in [1.29, 1.82) is 0 Å². The van der Waals surface area contributed by atoms with Crippen LogP contribution < -0.4 is 4.74 Å². The molecular weight excluding hydrogens is 223 g/mol. The van der Waals surface area contributed by atoms with Crippen molar-refractivity contribution >= 4 is 0 Å². The fourth-order valence-electron chi connectivity index (χ4n) is 1.90. The summed E-state index contributed by atoms with van der Waals surface area (Å²) in [4.78, 5) is 0. The van der Waals surface area contributed by atoms with Gasteiger partial charge in [0, 0.05) is 18.2 Å². The van der Waals surface area contributed by atoms with Gasteiger partial charge in [0.1, 0.15) is 18.2 Å². The first kappa shape index (κ1) is 12.3. The molecule has 1 aliphatic rings. The second kappa shape index (κ2) is 5.47. The third kappa shape index (κ3) is 3.17. The molecule has 1 N–H and O–H groups in total. The van der Waals surface area contributed by atoms with Crippen LogP contribution in [0.5, 0.6) is 5.75 Å². The Balaban J connectivity index is 1.94. The van der Waals surface area contributed by atoms with Gasteiger partial charge in [-0.05, 0) is 31.9 Å². The molecule has 0 amide bonds. The van der Waals surface area contributed by atoms with E-state index >= 15 is 0 Å². The molecule has 0 spiro atoms. The molecule has 17 heavy (non-hydrogen) atoms. The molecule has 0 aromatic heterocycles. The molecule has 1 saturated heterocycles. The largest absolute Gasteiger partial charge is 0.491 e. The van der Waals surface area contributed by atoms with Crippen molar-refractivity contribution in [1.82, 2.24) is 0 Å². The molecule has 1 aromatic carbocycles. The van der Waals surface area contributed by atoms with Gasteiger partial charge in [0.15, 0.2) is 0 Å². The Bertz CT molecular complexity index is 373. The topological polar surface area (TPSA) is 38.7 Å². The van der Waals surface area contributed by atoms with Crippen LogP contribution >= 0.6 is 0 Å². The molecule has 2 atom stereocenters. The Morgan fingerprint density at radius 1 is 1.59 bits per heavy atom. The number of halogens is 1. The lowest BCUT2D eigenvalue weighted by Gasteiger charge is -2.13. The van der Waals surface area contributed by atoms with Crippen LogP contribution in [-0.4, -0.2) is 24.4 Å². The van der Waals surface area contributed by atoms with E-state index in [4.69, 9.17) is 9.47 Å². The fourth-order valence-corrected chi connectivity index (χ4v) is 1.90. The zero-order chi connectivity index (χ0) is 12.3. The number of ether oxygens (including phenoxy) is 2. The third-order valence-electron chi connectivity index (χ3n) is 2.88. The molecule has 2 rings (SSSR count). The van der Waals surface area contributed by atoms with Crippen molar-refractivity contribution in [2.45, 2.75) is 32.0 Å². The fraction of sp³-hybridized carbons (Fsp3) is 0.538. The van der Waals surface area contributed by atoms with E-state index in [0.717, 1.165) is 19.4 Å². The summed E-state index contributed by atoms with van der Waals surface area (Å²) in [6, 6.07) is 4.52. The number of aliphatic hydroxyl groups is 1. The summed E-state index contributed by atoms with van der Waals surface area (Å²) < 4.78 is 24.4. The predicted octanol–water partition coefficient (Wildman–Crippen LogP) is 2.44. The first-order valence-corrected chi connectivity index (χ1v) is 5.88. The molecule has 3 nitrogen and oxygen atoms in total. The highest BCUT2D eigenvalue weighted by Gasteiger charge is 2.16. The lowest BCUT2D eigenvalue weighted by Crippen LogP contribution is -2.16. The van der Waals surface area contributed by atoms with Crippen LogP contribution in [0.3, 0.4) is 0 Å². The normalized spacial score (nSPS) is 21.5. The molecule has 0 saturated carbocycles. The smallest absolute Gasteiger partial charge is 0.132 e. The Labute approximate surface area is 100 Å². The molecule has 1 heterocycles. The summed E-state index contributed by atoms with van der Waals surface area (Å²) in [5, 5.41) is 9.30.